The van der Waals surface area contributed by atoms with Crippen LogP contribution in [0.1, 0.15) is 30.0 Å². The van der Waals surface area contributed by atoms with Crippen molar-refractivity contribution in [3.63, 3.8) is 0 Å². The lowest BCUT2D eigenvalue weighted by molar-refractivity contribution is -0.140. The van der Waals surface area contributed by atoms with E-state index in [1.165, 1.54) is 24.1 Å². The molecule has 0 aliphatic rings. The SMILES string of the molecule is CCCNC(=O)[C@H](Cc1ccccc1)N(Cc1ccccc1Cl)C(=O)CN(c1ccc(OC)cc1)S(=O)(=O)c1ccc(C)cc1. The van der Waals surface area contributed by atoms with Gasteiger partial charge in [-0.2, -0.15) is 0 Å². The molecule has 0 saturated carbocycles. The van der Waals surface area contributed by atoms with Gasteiger partial charge >= 0.3 is 0 Å². The molecule has 0 unspecified atom stereocenters. The van der Waals surface area contributed by atoms with Gasteiger partial charge in [0.2, 0.25) is 11.8 Å². The van der Waals surface area contributed by atoms with E-state index in [1.807, 2.05) is 44.2 Å². The number of halogens is 1. The second-order valence-electron chi connectivity index (χ2n) is 10.6. The molecule has 2 amide bonds. The standard InChI is InChI=1S/C35H38ClN3O5S/c1-4-22-37-35(41)33(23-27-10-6-5-7-11-27)38(24-28-12-8-9-13-32(28)36)34(40)25-39(29-16-18-30(44-3)19-17-29)45(42,43)31-20-14-26(2)15-21-31/h5-21,33H,4,22-25H2,1-3H3,(H,37,41)/t33-/m0/s1. The minimum atomic E-state index is -4.20. The minimum Gasteiger partial charge on any atom is -0.497 e. The molecule has 8 nitrogen and oxygen atoms in total. The molecule has 0 saturated heterocycles. The molecule has 0 bridgehead atoms. The molecular weight excluding hydrogens is 610 g/mol. The smallest absolute Gasteiger partial charge is 0.264 e. The third-order valence-corrected chi connectivity index (χ3v) is 9.52. The Morgan fingerprint density at radius 1 is 0.889 bits per heavy atom. The van der Waals surface area contributed by atoms with Crippen LogP contribution in [0.25, 0.3) is 0 Å². The highest BCUT2D eigenvalue weighted by Gasteiger charge is 2.34. The Bertz CT molecular complexity index is 1680. The van der Waals surface area contributed by atoms with Crippen molar-refractivity contribution < 1.29 is 22.7 Å². The number of carbonyl (C=O) groups is 2. The van der Waals surface area contributed by atoms with E-state index in [4.69, 9.17) is 16.3 Å². The van der Waals surface area contributed by atoms with Crippen molar-refractivity contribution in [2.75, 3.05) is 24.5 Å². The Morgan fingerprint density at radius 2 is 1.53 bits per heavy atom. The Hall–Kier alpha value is -4.34. The fraction of sp³-hybridized carbons (Fsp3) is 0.257. The molecule has 1 N–H and O–H groups in total. The molecule has 0 fully saturated rings. The molecule has 0 aliphatic heterocycles. The van der Waals surface area contributed by atoms with Crippen LogP contribution in [-0.4, -0.2) is 51.4 Å². The van der Waals surface area contributed by atoms with E-state index in [9.17, 15) is 18.0 Å². The zero-order valence-electron chi connectivity index (χ0n) is 25.6. The Kier molecular flexibility index (Phi) is 11.6. The molecule has 1 atom stereocenters. The molecule has 4 aromatic rings. The van der Waals surface area contributed by atoms with Crippen molar-refractivity contribution in [3.8, 4) is 5.75 Å². The number of aryl methyl sites for hydroxylation is 1. The maximum absolute atomic E-state index is 14.5. The fourth-order valence-electron chi connectivity index (χ4n) is 4.84. The van der Waals surface area contributed by atoms with Gasteiger partial charge < -0.3 is 15.0 Å². The van der Waals surface area contributed by atoms with E-state index in [1.54, 1.807) is 60.7 Å². The number of rotatable bonds is 14. The number of amides is 2. The number of ether oxygens (including phenoxy) is 1. The molecule has 10 heteroatoms. The number of methoxy groups -OCH3 is 1. The first-order valence-electron chi connectivity index (χ1n) is 14.7. The number of anilines is 1. The van der Waals surface area contributed by atoms with Crippen molar-refractivity contribution >= 4 is 39.1 Å². The van der Waals surface area contributed by atoms with E-state index >= 15 is 0 Å². The number of carbonyl (C=O) groups excluding carboxylic acids is 2. The van der Waals surface area contributed by atoms with Gasteiger partial charge in [0.15, 0.2) is 0 Å². The Morgan fingerprint density at radius 3 is 2.16 bits per heavy atom. The molecular formula is C35H38ClN3O5S. The van der Waals surface area contributed by atoms with Gasteiger partial charge in [-0.3, -0.25) is 13.9 Å². The molecule has 0 radical (unpaired) electrons. The number of nitrogens with one attached hydrogen (secondary N) is 1. The lowest BCUT2D eigenvalue weighted by atomic mass is 10.0. The normalized spacial score (nSPS) is 11.8. The zero-order chi connectivity index (χ0) is 32.4. The number of hydrogen-bond donors (Lipinski definition) is 1. The van der Waals surface area contributed by atoms with E-state index in [0.29, 0.717) is 29.3 Å². The lowest BCUT2D eigenvalue weighted by Gasteiger charge is -2.34. The van der Waals surface area contributed by atoms with E-state index in [0.717, 1.165) is 15.4 Å². The summed E-state index contributed by atoms with van der Waals surface area (Å²) in [6.07, 6.45) is 0.933. The van der Waals surface area contributed by atoms with Crippen molar-refractivity contribution in [2.24, 2.45) is 0 Å². The summed E-state index contributed by atoms with van der Waals surface area (Å²) in [5.41, 5.74) is 2.66. The predicted octanol–water partition coefficient (Wildman–Crippen LogP) is 6.02. The van der Waals surface area contributed by atoms with Gasteiger partial charge in [-0.15, -0.1) is 0 Å². The molecule has 236 valence electrons. The first-order chi connectivity index (χ1) is 21.6. The van der Waals surface area contributed by atoms with Crippen LogP contribution in [0.3, 0.4) is 0 Å². The van der Waals surface area contributed by atoms with Gasteiger partial charge in [0.1, 0.15) is 18.3 Å². The van der Waals surface area contributed by atoms with Crippen LogP contribution in [0.5, 0.6) is 5.75 Å². The number of benzene rings is 4. The van der Waals surface area contributed by atoms with E-state index in [2.05, 4.69) is 5.32 Å². The summed E-state index contributed by atoms with van der Waals surface area (Å²) >= 11 is 6.54. The second kappa shape index (κ2) is 15.6. The highest BCUT2D eigenvalue weighted by Crippen LogP contribution is 2.28. The van der Waals surface area contributed by atoms with Gasteiger partial charge in [0, 0.05) is 24.5 Å². The average Bonchev–Trinajstić information content (AvgIpc) is 3.05. The number of hydrogen-bond acceptors (Lipinski definition) is 5. The van der Waals surface area contributed by atoms with Crippen molar-refractivity contribution in [2.45, 2.75) is 44.2 Å². The summed E-state index contributed by atoms with van der Waals surface area (Å²) < 4.78 is 34.6. The van der Waals surface area contributed by atoms with Gasteiger partial charge in [-0.1, -0.05) is 84.8 Å². The van der Waals surface area contributed by atoms with Crippen LogP contribution in [0.4, 0.5) is 5.69 Å². The molecule has 0 spiro atoms. The van der Waals surface area contributed by atoms with Crippen LogP contribution < -0.4 is 14.4 Å². The summed E-state index contributed by atoms with van der Waals surface area (Å²) in [7, 11) is -2.68. The van der Waals surface area contributed by atoms with E-state index < -0.39 is 28.5 Å². The largest absolute Gasteiger partial charge is 0.497 e. The highest BCUT2D eigenvalue weighted by molar-refractivity contribution is 7.92. The van der Waals surface area contributed by atoms with Gasteiger partial charge in [-0.05, 0) is 66.9 Å². The molecule has 4 aromatic carbocycles. The van der Waals surface area contributed by atoms with E-state index in [-0.39, 0.29) is 29.5 Å². The predicted molar refractivity (Wildman–Crippen MR) is 178 cm³/mol. The van der Waals surface area contributed by atoms with Gasteiger partial charge in [0.05, 0.1) is 17.7 Å². The first kappa shape index (κ1) is 33.6. The van der Waals surface area contributed by atoms with Crippen LogP contribution in [0.15, 0.2) is 108 Å². The summed E-state index contributed by atoms with van der Waals surface area (Å²) in [4.78, 5) is 29.7. The van der Waals surface area contributed by atoms with Crippen molar-refractivity contribution in [1.82, 2.24) is 10.2 Å². The number of sulfonamides is 1. The Labute approximate surface area is 270 Å². The molecule has 4 rings (SSSR count). The Balaban J connectivity index is 1.80. The summed E-state index contributed by atoms with van der Waals surface area (Å²) in [5, 5.41) is 3.37. The van der Waals surface area contributed by atoms with Gasteiger partial charge in [-0.25, -0.2) is 8.42 Å². The molecule has 0 aliphatic carbocycles. The highest BCUT2D eigenvalue weighted by atomic mass is 35.5. The van der Waals surface area contributed by atoms with Crippen LogP contribution in [-0.2, 0) is 32.6 Å². The first-order valence-corrected chi connectivity index (χ1v) is 16.5. The van der Waals surface area contributed by atoms with Crippen LogP contribution >= 0.6 is 11.6 Å². The quantitative estimate of drug-likeness (QED) is 0.181. The lowest BCUT2D eigenvalue weighted by Crippen LogP contribution is -2.53. The van der Waals surface area contributed by atoms with Gasteiger partial charge in [0.25, 0.3) is 10.0 Å². The van der Waals surface area contributed by atoms with Crippen LogP contribution in [0, 0.1) is 6.92 Å². The topological polar surface area (TPSA) is 96.0 Å². The third-order valence-electron chi connectivity index (χ3n) is 7.37. The number of nitrogens with zero attached hydrogens (tertiary/aromatic N) is 2. The fourth-order valence-corrected chi connectivity index (χ4v) is 6.45. The monoisotopic (exact) mass is 647 g/mol. The average molecular weight is 648 g/mol. The second-order valence-corrected chi connectivity index (χ2v) is 12.9. The zero-order valence-corrected chi connectivity index (χ0v) is 27.2. The van der Waals surface area contributed by atoms with Crippen molar-refractivity contribution in [1.29, 1.82) is 0 Å². The maximum atomic E-state index is 14.5. The molecule has 0 heterocycles. The summed E-state index contributed by atoms with van der Waals surface area (Å²) in [5.74, 6) is -0.360. The summed E-state index contributed by atoms with van der Waals surface area (Å²) in [6, 6.07) is 28.5. The third kappa shape index (κ3) is 8.65. The molecule has 45 heavy (non-hydrogen) atoms. The minimum absolute atomic E-state index is 0.00339. The molecule has 0 aromatic heterocycles. The van der Waals surface area contributed by atoms with Crippen molar-refractivity contribution in [3.05, 3.63) is 125 Å². The van der Waals surface area contributed by atoms with Crippen LogP contribution in [0.2, 0.25) is 5.02 Å². The summed E-state index contributed by atoms with van der Waals surface area (Å²) in [6.45, 7) is 3.68. The maximum Gasteiger partial charge on any atom is 0.264 e.